The Labute approximate surface area is 153 Å². The van der Waals surface area contributed by atoms with E-state index in [-0.39, 0.29) is 36.7 Å². The zero-order valence-corrected chi connectivity index (χ0v) is 15.5. The zero-order chi connectivity index (χ0) is 14.7. The minimum absolute atomic E-state index is 0. The van der Waals surface area contributed by atoms with Crippen LogP contribution in [0.4, 0.5) is 4.39 Å². The van der Waals surface area contributed by atoms with Crippen LogP contribution < -0.4 is 5.32 Å². The van der Waals surface area contributed by atoms with Crippen molar-refractivity contribution in [3.8, 4) is 0 Å². The zero-order valence-electron chi connectivity index (χ0n) is 12.4. The SMILES string of the molecule is C=C(C)C[C@H](c1c(F)ccc(Cl)c1Cl)N1CCNCC1.Cl.Cl. The molecule has 126 valence electrons. The second kappa shape index (κ2) is 9.96. The number of nitrogens with zero attached hydrogens (tertiary/aromatic N) is 1. The van der Waals surface area contributed by atoms with Crippen molar-refractivity contribution in [1.82, 2.24) is 10.2 Å². The highest BCUT2D eigenvalue weighted by molar-refractivity contribution is 6.42. The molecule has 0 bridgehead atoms. The molecule has 2 rings (SSSR count). The van der Waals surface area contributed by atoms with Gasteiger partial charge in [0, 0.05) is 37.8 Å². The van der Waals surface area contributed by atoms with Crippen LogP contribution in [0.1, 0.15) is 24.9 Å². The molecule has 1 fully saturated rings. The molecule has 0 spiro atoms. The normalized spacial score (nSPS) is 16.4. The van der Waals surface area contributed by atoms with Crippen molar-refractivity contribution in [2.24, 2.45) is 0 Å². The standard InChI is InChI=1S/C15H19Cl2FN2.2ClH/c1-10(2)9-13(20-7-5-19-6-8-20)14-12(18)4-3-11(16)15(14)17;;/h3-4,13,19H,1,5-9H2,2H3;2*1H/t13-;;/m1../s1. The van der Waals surface area contributed by atoms with Crippen molar-refractivity contribution in [2.45, 2.75) is 19.4 Å². The van der Waals surface area contributed by atoms with Gasteiger partial charge in [0.15, 0.2) is 0 Å². The van der Waals surface area contributed by atoms with Gasteiger partial charge in [0.05, 0.1) is 10.0 Å². The lowest BCUT2D eigenvalue weighted by Gasteiger charge is -2.36. The van der Waals surface area contributed by atoms with E-state index in [0.717, 1.165) is 31.8 Å². The van der Waals surface area contributed by atoms with Crippen LogP contribution >= 0.6 is 48.0 Å². The van der Waals surface area contributed by atoms with Gasteiger partial charge < -0.3 is 5.32 Å². The first kappa shape index (κ1) is 22.0. The molecule has 0 aliphatic carbocycles. The van der Waals surface area contributed by atoms with Gasteiger partial charge in [-0.3, -0.25) is 4.90 Å². The number of halogens is 5. The molecule has 1 aliphatic heterocycles. The topological polar surface area (TPSA) is 15.3 Å². The first-order valence-electron chi connectivity index (χ1n) is 6.73. The van der Waals surface area contributed by atoms with Crippen molar-refractivity contribution in [3.63, 3.8) is 0 Å². The molecule has 1 aromatic carbocycles. The molecule has 1 heterocycles. The Balaban J connectivity index is 0.00000220. The van der Waals surface area contributed by atoms with Crippen molar-refractivity contribution in [2.75, 3.05) is 26.2 Å². The van der Waals surface area contributed by atoms with Gasteiger partial charge in [-0.2, -0.15) is 0 Å². The van der Waals surface area contributed by atoms with E-state index in [2.05, 4.69) is 16.8 Å². The lowest BCUT2D eigenvalue weighted by molar-refractivity contribution is 0.169. The summed E-state index contributed by atoms with van der Waals surface area (Å²) in [5.41, 5.74) is 1.49. The highest BCUT2D eigenvalue weighted by Crippen LogP contribution is 2.37. The van der Waals surface area contributed by atoms with Crippen LogP contribution in [0.5, 0.6) is 0 Å². The fraction of sp³-hybridized carbons (Fsp3) is 0.467. The van der Waals surface area contributed by atoms with Crippen LogP contribution in [0.2, 0.25) is 10.0 Å². The van der Waals surface area contributed by atoms with Crippen LogP contribution in [-0.2, 0) is 0 Å². The summed E-state index contributed by atoms with van der Waals surface area (Å²) >= 11 is 12.3. The van der Waals surface area contributed by atoms with Crippen molar-refractivity contribution >= 4 is 48.0 Å². The Morgan fingerprint density at radius 3 is 2.45 bits per heavy atom. The van der Waals surface area contributed by atoms with E-state index in [1.807, 2.05) is 6.92 Å². The molecule has 0 unspecified atom stereocenters. The minimum Gasteiger partial charge on any atom is -0.314 e. The Morgan fingerprint density at radius 2 is 1.91 bits per heavy atom. The van der Waals surface area contributed by atoms with Crippen LogP contribution in [0.15, 0.2) is 24.3 Å². The summed E-state index contributed by atoms with van der Waals surface area (Å²) in [6.45, 7) is 9.42. The summed E-state index contributed by atoms with van der Waals surface area (Å²) in [5.74, 6) is -0.302. The molecule has 1 aromatic rings. The predicted molar refractivity (Wildman–Crippen MR) is 97.5 cm³/mol. The van der Waals surface area contributed by atoms with Crippen LogP contribution in [0, 0.1) is 5.82 Å². The third-order valence-corrected chi connectivity index (χ3v) is 4.37. The first-order chi connectivity index (χ1) is 9.50. The largest absolute Gasteiger partial charge is 0.314 e. The maximum Gasteiger partial charge on any atom is 0.129 e. The Bertz CT molecular complexity index is 505. The number of piperazine rings is 1. The van der Waals surface area contributed by atoms with Gasteiger partial charge in [0.2, 0.25) is 0 Å². The molecule has 7 heteroatoms. The van der Waals surface area contributed by atoms with Gasteiger partial charge in [-0.15, -0.1) is 31.4 Å². The molecule has 1 atom stereocenters. The van der Waals surface area contributed by atoms with Crippen molar-refractivity contribution < 1.29 is 4.39 Å². The summed E-state index contributed by atoms with van der Waals surface area (Å²) in [5, 5.41) is 4.01. The molecular formula is C15H21Cl4FN2. The quantitative estimate of drug-likeness (QED) is 0.582. The second-order valence-electron chi connectivity index (χ2n) is 5.22. The number of hydrogen-bond acceptors (Lipinski definition) is 2. The lowest BCUT2D eigenvalue weighted by Crippen LogP contribution is -2.45. The van der Waals surface area contributed by atoms with E-state index in [9.17, 15) is 4.39 Å². The van der Waals surface area contributed by atoms with Crippen molar-refractivity contribution in [3.05, 3.63) is 45.7 Å². The predicted octanol–water partition coefficient (Wildman–Crippen LogP) is 4.89. The molecule has 0 aromatic heterocycles. The third-order valence-electron chi connectivity index (χ3n) is 3.55. The van der Waals surface area contributed by atoms with Gasteiger partial charge in [0.25, 0.3) is 0 Å². The lowest BCUT2D eigenvalue weighted by atomic mass is 9.97. The molecule has 0 radical (unpaired) electrons. The fourth-order valence-electron chi connectivity index (χ4n) is 2.59. The third kappa shape index (κ3) is 5.26. The van der Waals surface area contributed by atoms with E-state index in [1.54, 1.807) is 0 Å². The Kier molecular flexibility index (Phi) is 9.95. The molecule has 1 N–H and O–H groups in total. The number of nitrogens with one attached hydrogen (secondary N) is 1. The highest BCUT2D eigenvalue weighted by atomic mass is 35.5. The molecule has 0 amide bonds. The van der Waals surface area contributed by atoms with Gasteiger partial charge in [0.1, 0.15) is 5.82 Å². The van der Waals surface area contributed by atoms with Crippen LogP contribution in [0.25, 0.3) is 0 Å². The summed E-state index contributed by atoms with van der Waals surface area (Å²) in [6, 6.07) is 2.77. The van der Waals surface area contributed by atoms with E-state index in [1.165, 1.54) is 12.1 Å². The minimum atomic E-state index is -0.302. The van der Waals surface area contributed by atoms with Crippen LogP contribution in [-0.4, -0.2) is 31.1 Å². The monoisotopic (exact) mass is 388 g/mol. The van der Waals surface area contributed by atoms with Gasteiger partial charge in [-0.05, 0) is 25.5 Å². The summed E-state index contributed by atoms with van der Waals surface area (Å²) < 4.78 is 14.3. The number of hydrogen-bond donors (Lipinski definition) is 1. The van der Waals surface area contributed by atoms with Gasteiger partial charge in [-0.25, -0.2) is 4.39 Å². The highest BCUT2D eigenvalue weighted by Gasteiger charge is 2.27. The maximum absolute atomic E-state index is 14.3. The first-order valence-corrected chi connectivity index (χ1v) is 7.49. The Morgan fingerprint density at radius 1 is 1.32 bits per heavy atom. The van der Waals surface area contributed by atoms with E-state index >= 15 is 0 Å². The average Bonchev–Trinajstić information content (AvgIpc) is 2.43. The molecule has 1 saturated heterocycles. The molecule has 0 saturated carbocycles. The second-order valence-corrected chi connectivity index (χ2v) is 6.01. The fourth-order valence-corrected chi connectivity index (χ4v) is 3.03. The van der Waals surface area contributed by atoms with E-state index < -0.39 is 0 Å². The van der Waals surface area contributed by atoms with Gasteiger partial charge in [-0.1, -0.05) is 28.8 Å². The summed E-state index contributed by atoms with van der Waals surface area (Å²) in [4.78, 5) is 2.24. The molecule has 1 aliphatic rings. The smallest absolute Gasteiger partial charge is 0.129 e. The number of benzene rings is 1. The summed E-state index contributed by atoms with van der Waals surface area (Å²) in [6.07, 6.45) is 0.678. The molecule has 2 nitrogen and oxygen atoms in total. The molecular weight excluding hydrogens is 369 g/mol. The summed E-state index contributed by atoms with van der Waals surface area (Å²) in [7, 11) is 0. The average molecular weight is 390 g/mol. The maximum atomic E-state index is 14.3. The van der Waals surface area contributed by atoms with Crippen molar-refractivity contribution in [1.29, 1.82) is 0 Å². The Hall–Kier alpha value is -0.0300. The molecule has 22 heavy (non-hydrogen) atoms. The van der Waals surface area contributed by atoms with Crippen LogP contribution in [0.3, 0.4) is 0 Å². The van der Waals surface area contributed by atoms with Gasteiger partial charge >= 0.3 is 0 Å². The number of rotatable bonds is 4. The van der Waals surface area contributed by atoms with E-state index in [0.29, 0.717) is 22.0 Å². The van der Waals surface area contributed by atoms with E-state index in [4.69, 9.17) is 23.2 Å².